The summed E-state index contributed by atoms with van der Waals surface area (Å²) in [5, 5.41) is 0.493. The van der Waals surface area contributed by atoms with Gasteiger partial charge in [-0.15, -0.1) is 0 Å². The summed E-state index contributed by atoms with van der Waals surface area (Å²) in [6, 6.07) is 13.0. The highest BCUT2D eigenvalue weighted by Crippen LogP contribution is 2.27. The number of methoxy groups -OCH3 is 2. The van der Waals surface area contributed by atoms with Crippen molar-refractivity contribution in [2.24, 2.45) is 5.92 Å². The maximum Gasteiger partial charge on any atom is 0.289 e. The zero-order chi connectivity index (χ0) is 21.8. The summed E-state index contributed by atoms with van der Waals surface area (Å²) in [5.74, 6) is 2.05. The first-order valence-electron chi connectivity index (χ1n) is 10.6. The van der Waals surface area contributed by atoms with Crippen LogP contribution in [-0.2, 0) is 6.42 Å². The molecule has 0 saturated carbocycles. The highest BCUT2D eigenvalue weighted by atomic mass is 16.5. The van der Waals surface area contributed by atoms with Crippen molar-refractivity contribution >= 4 is 16.8 Å². The van der Waals surface area contributed by atoms with Crippen LogP contribution in [0, 0.1) is 5.92 Å². The Morgan fingerprint density at radius 3 is 2.45 bits per heavy atom. The van der Waals surface area contributed by atoms with E-state index in [1.807, 2.05) is 24.3 Å². The van der Waals surface area contributed by atoms with E-state index in [1.54, 1.807) is 37.3 Å². The van der Waals surface area contributed by atoms with Crippen LogP contribution < -0.4 is 15.0 Å². The number of aryl methyl sites for hydroxylation is 1. The number of aromatic amines is 1. The Kier molecular flexibility index (Phi) is 6.21. The second-order valence-electron chi connectivity index (χ2n) is 7.93. The number of rotatable bonds is 6. The summed E-state index contributed by atoms with van der Waals surface area (Å²) in [4.78, 5) is 34.0. The monoisotopic (exact) mass is 421 g/mol. The number of carbonyl (C=O) groups excluding carboxylic acids is 1. The number of nitrogens with zero attached hydrogens (tertiary/aromatic N) is 2. The third-order valence-corrected chi connectivity index (χ3v) is 5.97. The average Bonchev–Trinajstić information content (AvgIpc) is 2.82. The molecule has 1 aromatic heterocycles. The molecule has 4 rings (SSSR count). The predicted octanol–water partition coefficient (Wildman–Crippen LogP) is 3.43. The smallest absolute Gasteiger partial charge is 0.289 e. The normalized spacial score (nSPS) is 14.6. The van der Waals surface area contributed by atoms with Gasteiger partial charge in [0.25, 0.3) is 11.5 Å². The second kappa shape index (κ2) is 9.20. The first kappa shape index (κ1) is 20.9. The largest absolute Gasteiger partial charge is 0.497 e. The zero-order valence-electron chi connectivity index (χ0n) is 17.9. The first-order chi connectivity index (χ1) is 15.1. The standard InChI is InChI=1S/C24H27N3O4/c1-30-18-13-17(14-19(15-18)31-2)8-7-16-9-11-27(12-10-16)24(29)22-25-21-6-4-3-5-20(21)23(28)26-22/h3-6,13-16H,7-12H2,1-2H3,(H,25,26,28). The van der Waals surface area contributed by atoms with E-state index < -0.39 is 0 Å². The lowest BCUT2D eigenvalue weighted by Crippen LogP contribution is -2.40. The average molecular weight is 421 g/mol. The van der Waals surface area contributed by atoms with Crippen LogP contribution in [-0.4, -0.2) is 48.1 Å². The molecule has 0 aliphatic carbocycles. The molecular formula is C24H27N3O4. The molecule has 0 radical (unpaired) electrons. The first-order valence-corrected chi connectivity index (χ1v) is 10.6. The van der Waals surface area contributed by atoms with Gasteiger partial charge in [-0.25, -0.2) is 4.98 Å². The number of para-hydroxylation sites is 1. The molecule has 31 heavy (non-hydrogen) atoms. The van der Waals surface area contributed by atoms with Crippen LogP contribution in [0.4, 0.5) is 0 Å². The molecule has 1 N–H and O–H groups in total. The van der Waals surface area contributed by atoms with Crippen LogP contribution >= 0.6 is 0 Å². The Labute approximate surface area is 181 Å². The van der Waals surface area contributed by atoms with E-state index in [0.29, 0.717) is 29.9 Å². The van der Waals surface area contributed by atoms with Crippen LogP contribution in [0.3, 0.4) is 0 Å². The number of amides is 1. The van der Waals surface area contributed by atoms with Crippen molar-refractivity contribution in [1.29, 1.82) is 0 Å². The molecule has 2 heterocycles. The molecule has 2 aromatic carbocycles. The van der Waals surface area contributed by atoms with E-state index >= 15 is 0 Å². The number of piperidine rings is 1. The van der Waals surface area contributed by atoms with Crippen molar-refractivity contribution in [2.45, 2.75) is 25.7 Å². The van der Waals surface area contributed by atoms with Crippen molar-refractivity contribution < 1.29 is 14.3 Å². The third kappa shape index (κ3) is 4.71. The number of fused-ring (bicyclic) bond motifs is 1. The summed E-state index contributed by atoms with van der Waals surface area (Å²) < 4.78 is 10.7. The van der Waals surface area contributed by atoms with Gasteiger partial charge in [0.15, 0.2) is 5.82 Å². The molecule has 0 atom stereocenters. The number of carbonyl (C=O) groups is 1. The zero-order valence-corrected chi connectivity index (χ0v) is 17.9. The van der Waals surface area contributed by atoms with Gasteiger partial charge >= 0.3 is 0 Å². The minimum atomic E-state index is -0.280. The molecule has 7 nitrogen and oxygen atoms in total. The maximum absolute atomic E-state index is 12.9. The SMILES string of the molecule is COc1cc(CCC2CCN(C(=O)c3nc4ccccc4c(=O)[nH]3)CC2)cc(OC)c1. The molecule has 1 aliphatic rings. The molecule has 162 valence electrons. The van der Waals surface area contributed by atoms with Gasteiger partial charge in [0.2, 0.25) is 0 Å². The van der Waals surface area contributed by atoms with Gasteiger partial charge in [0, 0.05) is 19.2 Å². The van der Waals surface area contributed by atoms with Gasteiger partial charge in [-0.05, 0) is 61.4 Å². The van der Waals surface area contributed by atoms with E-state index in [4.69, 9.17) is 9.47 Å². The summed E-state index contributed by atoms with van der Waals surface area (Å²) in [6.45, 7) is 1.34. The van der Waals surface area contributed by atoms with Gasteiger partial charge < -0.3 is 19.4 Å². The van der Waals surface area contributed by atoms with E-state index in [9.17, 15) is 9.59 Å². The number of nitrogens with one attached hydrogen (secondary N) is 1. The van der Waals surface area contributed by atoms with Crippen LogP contribution in [0.2, 0.25) is 0 Å². The van der Waals surface area contributed by atoms with E-state index in [2.05, 4.69) is 9.97 Å². The molecule has 7 heteroatoms. The molecule has 1 amide bonds. The van der Waals surface area contributed by atoms with Gasteiger partial charge in [0.1, 0.15) is 11.5 Å². The highest BCUT2D eigenvalue weighted by molar-refractivity contribution is 5.92. The lowest BCUT2D eigenvalue weighted by atomic mass is 9.90. The minimum Gasteiger partial charge on any atom is -0.497 e. The fourth-order valence-corrected chi connectivity index (χ4v) is 4.14. The van der Waals surface area contributed by atoms with Crippen molar-refractivity contribution in [3.63, 3.8) is 0 Å². The summed E-state index contributed by atoms with van der Waals surface area (Å²) in [5.41, 5.74) is 1.45. The number of benzene rings is 2. The van der Waals surface area contributed by atoms with Gasteiger partial charge in [-0.1, -0.05) is 12.1 Å². The number of hydrogen-bond acceptors (Lipinski definition) is 5. The second-order valence-corrected chi connectivity index (χ2v) is 7.93. The minimum absolute atomic E-state index is 0.116. The van der Waals surface area contributed by atoms with Crippen LogP contribution in [0.5, 0.6) is 11.5 Å². The molecular weight excluding hydrogens is 394 g/mol. The number of hydrogen-bond donors (Lipinski definition) is 1. The predicted molar refractivity (Wildman–Crippen MR) is 119 cm³/mol. The fourth-order valence-electron chi connectivity index (χ4n) is 4.14. The number of aromatic nitrogens is 2. The summed E-state index contributed by atoms with van der Waals surface area (Å²) >= 11 is 0. The Hall–Kier alpha value is -3.35. The van der Waals surface area contributed by atoms with Crippen molar-refractivity contribution in [3.8, 4) is 11.5 Å². The molecule has 3 aromatic rings. The molecule has 1 aliphatic heterocycles. The van der Waals surface area contributed by atoms with Crippen molar-refractivity contribution in [1.82, 2.24) is 14.9 Å². The molecule has 1 saturated heterocycles. The lowest BCUT2D eigenvalue weighted by Gasteiger charge is -2.31. The maximum atomic E-state index is 12.9. The number of likely N-dealkylation sites (tertiary alicyclic amines) is 1. The molecule has 0 bridgehead atoms. The van der Waals surface area contributed by atoms with Gasteiger partial charge in [0.05, 0.1) is 25.1 Å². The Morgan fingerprint density at radius 2 is 1.77 bits per heavy atom. The van der Waals surface area contributed by atoms with Crippen molar-refractivity contribution in [3.05, 3.63) is 64.2 Å². The van der Waals surface area contributed by atoms with Gasteiger partial charge in [-0.3, -0.25) is 9.59 Å². The summed E-state index contributed by atoms with van der Waals surface area (Å²) in [7, 11) is 3.31. The van der Waals surface area contributed by atoms with Crippen LogP contribution in [0.25, 0.3) is 10.9 Å². The number of H-pyrrole nitrogens is 1. The molecule has 1 fully saturated rings. The Balaban J connectivity index is 1.36. The van der Waals surface area contributed by atoms with Crippen molar-refractivity contribution in [2.75, 3.05) is 27.3 Å². The summed E-state index contributed by atoms with van der Waals surface area (Å²) in [6.07, 6.45) is 3.85. The lowest BCUT2D eigenvalue weighted by molar-refractivity contribution is 0.0674. The van der Waals surface area contributed by atoms with Gasteiger partial charge in [-0.2, -0.15) is 0 Å². The van der Waals surface area contributed by atoms with E-state index in [0.717, 1.165) is 37.2 Å². The van der Waals surface area contributed by atoms with Crippen LogP contribution in [0.15, 0.2) is 47.3 Å². The van der Waals surface area contributed by atoms with E-state index in [1.165, 1.54) is 5.56 Å². The van der Waals surface area contributed by atoms with Crippen LogP contribution in [0.1, 0.15) is 35.4 Å². The highest BCUT2D eigenvalue weighted by Gasteiger charge is 2.25. The molecule has 0 spiro atoms. The Bertz CT molecular complexity index is 1110. The van der Waals surface area contributed by atoms with E-state index in [-0.39, 0.29) is 17.3 Å². The fraction of sp³-hybridized carbons (Fsp3) is 0.375. The third-order valence-electron chi connectivity index (χ3n) is 5.97. The quantitative estimate of drug-likeness (QED) is 0.659. The Morgan fingerprint density at radius 1 is 1.10 bits per heavy atom. The topological polar surface area (TPSA) is 84.5 Å². The number of ether oxygens (including phenoxy) is 2. The molecule has 0 unspecified atom stereocenters.